The Morgan fingerprint density at radius 3 is 2.76 bits per heavy atom. The first-order chi connectivity index (χ1) is 10.1. The van der Waals surface area contributed by atoms with Crippen LogP contribution in [-0.4, -0.2) is 24.5 Å². The van der Waals surface area contributed by atoms with Gasteiger partial charge in [0.2, 0.25) is 5.91 Å². The maximum Gasteiger partial charge on any atom is 0.267 e. The summed E-state index contributed by atoms with van der Waals surface area (Å²) in [5, 5.41) is 1.08. The highest BCUT2D eigenvalue weighted by Gasteiger charge is 2.23. The number of halogens is 2. The summed E-state index contributed by atoms with van der Waals surface area (Å²) in [6, 6.07) is 5.14. The summed E-state index contributed by atoms with van der Waals surface area (Å²) in [5.41, 5.74) is 5.57. The van der Waals surface area contributed by atoms with Gasteiger partial charge in [0.05, 0.1) is 0 Å². The summed E-state index contributed by atoms with van der Waals surface area (Å²) in [5.74, 6) is -0.599. The molecule has 1 atom stereocenters. The second-order valence-electron chi connectivity index (χ2n) is 4.77. The number of hydrogen-bond donors (Lipinski definition) is 2. The SMILES string of the molecule is O=C(CCc1ccc(Cl)cc1Cl)NNC(=O)C1CCCO1. The molecule has 0 aromatic heterocycles. The van der Waals surface area contributed by atoms with Gasteiger partial charge in [0.25, 0.3) is 5.91 Å². The molecule has 2 rings (SSSR count). The van der Waals surface area contributed by atoms with Crippen molar-refractivity contribution in [2.45, 2.75) is 31.8 Å². The van der Waals surface area contributed by atoms with Gasteiger partial charge in [-0.3, -0.25) is 20.4 Å². The largest absolute Gasteiger partial charge is 0.368 e. The van der Waals surface area contributed by atoms with E-state index in [1.54, 1.807) is 18.2 Å². The van der Waals surface area contributed by atoms with Gasteiger partial charge in [-0.2, -0.15) is 0 Å². The molecule has 114 valence electrons. The van der Waals surface area contributed by atoms with Crippen LogP contribution in [0.15, 0.2) is 18.2 Å². The number of aryl methyl sites for hydroxylation is 1. The number of amides is 2. The van der Waals surface area contributed by atoms with Crippen molar-refractivity contribution in [1.82, 2.24) is 10.9 Å². The molecule has 1 aromatic carbocycles. The minimum absolute atomic E-state index is 0.215. The lowest BCUT2D eigenvalue weighted by Gasteiger charge is -2.11. The van der Waals surface area contributed by atoms with Gasteiger partial charge in [-0.15, -0.1) is 0 Å². The van der Waals surface area contributed by atoms with Crippen LogP contribution in [0.1, 0.15) is 24.8 Å². The predicted octanol–water partition coefficient (Wildman–Crippen LogP) is 2.25. The van der Waals surface area contributed by atoms with E-state index >= 15 is 0 Å². The van der Waals surface area contributed by atoms with Gasteiger partial charge in [0, 0.05) is 23.1 Å². The van der Waals surface area contributed by atoms with Gasteiger partial charge >= 0.3 is 0 Å². The normalized spacial score (nSPS) is 17.5. The van der Waals surface area contributed by atoms with Crippen molar-refractivity contribution in [3.05, 3.63) is 33.8 Å². The number of ether oxygens (including phenoxy) is 1. The Labute approximate surface area is 132 Å². The topological polar surface area (TPSA) is 67.4 Å². The Bertz CT molecular complexity index is 531. The van der Waals surface area contributed by atoms with Crippen LogP contribution in [0.25, 0.3) is 0 Å². The molecule has 1 aliphatic heterocycles. The van der Waals surface area contributed by atoms with Crippen molar-refractivity contribution in [3.8, 4) is 0 Å². The van der Waals surface area contributed by atoms with Crippen LogP contribution in [0, 0.1) is 0 Å². The van der Waals surface area contributed by atoms with Gasteiger partial charge in [-0.1, -0.05) is 29.3 Å². The summed E-state index contributed by atoms with van der Waals surface area (Å²) in [6.07, 6.45) is 1.77. The molecule has 1 saturated heterocycles. The average molecular weight is 331 g/mol. The van der Waals surface area contributed by atoms with Gasteiger partial charge < -0.3 is 4.74 Å². The van der Waals surface area contributed by atoms with Crippen molar-refractivity contribution in [2.24, 2.45) is 0 Å². The molecule has 21 heavy (non-hydrogen) atoms. The minimum Gasteiger partial charge on any atom is -0.368 e. The fraction of sp³-hybridized carbons (Fsp3) is 0.429. The molecule has 1 aromatic rings. The summed E-state index contributed by atoms with van der Waals surface area (Å²) in [4.78, 5) is 23.3. The number of hydrogen-bond acceptors (Lipinski definition) is 3. The number of benzene rings is 1. The minimum atomic E-state index is -0.462. The van der Waals surface area contributed by atoms with Crippen molar-refractivity contribution >= 4 is 35.0 Å². The Balaban J connectivity index is 1.73. The number of carbonyl (C=O) groups excluding carboxylic acids is 2. The summed E-state index contributed by atoms with van der Waals surface area (Å²) in [6.45, 7) is 0.584. The van der Waals surface area contributed by atoms with E-state index in [1.165, 1.54) is 0 Å². The zero-order valence-electron chi connectivity index (χ0n) is 11.3. The van der Waals surface area contributed by atoms with Crippen molar-refractivity contribution < 1.29 is 14.3 Å². The van der Waals surface area contributed by atoms with Gasteiger partial charge in [0.15, 0.2) is 0 Å². The molecule has 2 N–H and O–H groups in total. The molecule has 1 fully saturated rings. The Hall–Kier alpha value is -1.30. The third-order valence-electron chi connectivity index (χ3n) is 3.18. The highest BCUT2D eigenvalue weighted by molar-refractivity contribution is 6.35. The van der Waals surface area contributed by atoms with Crippen LogP contribution in [-0.2, 0) is 20.7 Å². The fourth-order valence-corrected chi connectivity index (χ4v) is 2.53. The predicted molar refractivity (Wildman–Crippen MR) is 80.0 cm³/mol. The van der Waals surface area contributed by atoms with Crippen LogP contribution in [0.4, 0.5) is 0 Å². The zero-order chi connectivity index (χ0) is 15.2. The Morgan fingerprint density at radius 2 is 2.10 bits per heavy atom. The van der Waals surface area contributed by atoms with E-state index in [1.807, 2.05) is 0 Å². The van der Waals surface area contributed by atoms with Crippen molar-refractivity contribution in [1.29, 1.82) is 0 Å². The monoisotopic (exact) mass is 330 g/mol. The fourth-order valence-electron chi connectivity index (χ4n) is 2.03. The molecule has 1 aliphatic rings. The molecule has 1 unspecified atom stereocenters. The molecular weight excluding hydrogens is 315 g/mol. The second-order valence-corrected chi connectivity index (χ2v) is 5.62. The van der Waals surface area contributed by atoms with Gasteiger partial charge in [0.1, 0.15) is 6.10 Å². The first-order valence-corrected chi connectivity index (χ1v) is 7.46. The molecule has 0 spiro atoms. The maximum absolute atomic E-state index is 11.7. The lowest BCUT2D eigenvalue weighted by molar-refractivity contribution is -0.134. The molecular formula is C14H16Cl2N2O3. The van der Waals surface area contributed by atoms with E-state index in [9.17, 15) is 9.59 Å². The van der Waals surface area contributed by atoms with E-state index in [0.29, 0.717) is 29.5 Å². The smallest absolute Gasteiger partial charge is 0.267 e. The lowest BCUT2D eigenvalue weighted by atomic mass is 10.1. The van der Waals surface area contributed by atoms with E-state index in [0.717, 1.165) is 12.0 Å². The van der Waals surface area contributed by atoms with E-state index in [-0.39, 0.29) is 18.2 Å². The van der Waals surface area contributed by atoms with Crippen molar-refractivity contribution in [2.75, 3.05) is 6.61 Å². The number of nitrogens with one attached hydrogen (secondary N) is 2. The highest BCUT2D eigenvalue weighted by Crippen LogP contribution is 2.21. The number of carbonyl (C=O) groups is 2. The standard InChI is InChI=1S/C14H16Cl2N2O3/c15-10-5-3-9(11(16)8-10)4-6-13(19)17-18-14(20)12-2-1-7-21-12/h3,5,8,12H,1-2,4,6-7H2,(H,17,19)(H,18,20). The molecule has 0 radical (unpaired) electrons. The van der Waals surface area contributed by atoms with Crippen LogP contribution >= 0.6 is 23.2 Å². The zero-order valence-corrected chi connectivity index (χ0v) is 12.8. The first kappa shape index (κ1) is 16.1. The number of rotatable bonds is 4. The van der Waals surface area contributed by atoms with E-state index < -0.39 is 6.10 Å². The summed E-state index contributed by atoms with van der Waals surface area (Å²) >= 11 is 11.8. The molecule has 5 nitrogen and oxygen atoms in total. The van der Waals surface area contributed by atoms with Crippen LogP contribution < -0.4 is 10.9 Å². The first-order valence-electron chi connectivity index (χ1n) is 6.70. The van der Waals surface area contributed by atoms with E-state index in [4.69, 9.17) is 27.9 Å². The Kier molecular flexibility index (Phi) is 5.85. The van der Waals surface area contributed by atoms with Crippen LogP contribution in [0.5, 0.6) is 0 Å². The molecule has 2 amide bonds. The molecule has 7 heteroatoms. The maximum atomic E-state index is 11.7. The molecule has 1 heterocycles. The van der Waals surface area contributed by atoms with E-state index in [2.05, 4.69) is 10.9 Å². The van der Waals surface area contributed by atoms with Crippen LogP contribution in [0.3, 0.4) is 0 Å². The third kappa shape index (κ3) is 4.88. The lowest BCUT2D eigenvalue weighted by Crippen LogP contribution is -2.46. The second kappa shape index (κ2) is 7.64. The molecule has 0 saturated carbocycles. The molecule has 0 aliphatic carbocycles. The average Bonchev–Trinajstić information content (AvgIpc) is 2.98. The van der Waals surface area contributed by atoms with Crippen molar-refractivity contribution in [3.63, 3.8) is 0 Å². The molecule has 0 bridgehead atoms. The summed E-state index contributed by atoms with van der Waals surface area (Å²) < 4.78 is 5.21. The van der Waals surface area contributed by atoms with Gasteiger partial charge in [-0.25, -0.2) is 0 Å². The van der Waals surface area contributed by atoms with Crippen LogP contribution in [0.2, 0.25) is 10.0 Å². The highest BCUT2D eigenvalue weighted by atomic mass is 35.5. The quantitative estimate of drug-likeness (QED) is 0.832. The number of hydrazine groups is 1. The Morgan fingerprint density at radius 1 is 1.29 bits per heavy atom. The van der Waals surface area contributed by atoms with Gasteiger partial charge in [-0.05, 0) is 37.0 Å². The summed E-state index contributed by atoms with van der Waals surface area (Å²) in [7, 11) is 0. The third-order valence-corrected chi connectivity index (χ3v) is 3.77.